The first kappa shape index (κ1) is 12.1. The molecule has 1 aliphatic rings. The Bertz CT molecular complexity index is 413. The summed E-state index contributed by atoms with van der Waals surface area (Å²) in [6.07, 6.45) is -0.582. The highest BCUT2D eigenvalue weighted by molar-refractivity contribution is 5.85. The summed E-state index contributed by atoms with van der Waals surface area (Å²) in [5.74, 6) is 0.0290. The van der Waals surface area contributed by atoms with Gasteiger partial charge in [-0.25, -0.2) is 0 Å². The lowest BCUT2D eigenvalue weighted by Crippen LogP contribution is -2.34. The number of carbonyl (C=O) groups is 1. The lowest BCUT2D eigenvalue weighted by Gasteiger charge is -2.26. The van der Waals surface area contributed by atoms with E-state index in [1.54, 1.807) is 18.7 Å². The van der Waals surface area contributed by atoms with E-state index < -0.39 is 11.5 Å². The third kappa shape index (κ3) is 1.95. The predicted molar refractivity (Wildman–Crippen MR) is 66.4 cm³/mol. The minimum absolute atomic E-state index is 0.0140. The van der Waals surface area contributed by atoms with Crippen LogP contribution in [-0.2, 0) is 4.79 Å². The van der Waals surface area contributed by atoms with Crippen LogP contribution >= 0.6 is 0 Å². The van der Waals surface area contributed by atoms with Crippen LogP contribution in [0, 0.1) is 5.41 Å². The number of hydrogen-bond donors (Lipinski definition) is 1. The van der Waals surface area contributed by atoms with Gasteiger partial charge in [0.05, 0.1) is 17.6 Å². The van der Waals surface area contributed by atoms with Crippen molar-refractivity contribution in [1.29, 1.82) is 0 Å². The van der Waals surface area contributed by atoms with Gasteiger partial charge in [0.25, 0.3) is 0 Å². The minimum Gasteiger partial charge on any atom is -0.390 e. The zero-order chi connectivity index (χ0) is 12.6. The molecule has 1 heterocycles. The van der Waals surface area contributed by atoms with Gasteiger partial charge in [-0.2, -0.15) is 0 Å². The number of aliphatic hydroxyl groups excluding tert-OH is 1. The molecule has 1 unspecified atom stereocenters. The molecule has 2 rings (SSSR count). The molecule has 1 aliphatic heterocycles. The Kier molecular flexibility index (Phi) is 2.96. The van der Waals surface area contributed by atoms with Crippen LogP contribution in [0.3, 0.4) is 0 Å². The number of carbonyl (C=O) groups excluding carboxylic acids is 1. The van der Waals surface area contributed by atoms with Crippen LogP contribution < -0.4 is 0 Å². The fraction of sp³-hybridized carbons (Fsp3) is 0.500. The molecule has 1 N–H and O–H groups in total. The number of rotatable bonds is 2. The van der Waals surface area contributed by atoms with Crippen molar-refractivity contribution in [3.8, 4) is 0 Å². The molecule has 0 saturated carbocycles. The maximum absolute atomic E-state index is 12.2. The first-order valence-corrected chi connectivity index (χ1v) is 5.98. The van der Waals surface area contributed by atoms with Crippen molar-refractivity contribution in [2.24, 2.45) is 5.41 Å². The highest BCUT2D eigenvalue weighted by Gasteiger charge is 2.47. The van der Waals surface area contributed by atoms with Crippen molar-refractivity contribution < 1.29 is 9.90 Å². The molecular weight excluding hydrogens is 214 g/mol. The summed E-state index contributed by atoms with van der Waals surface area (Å²) in [6.45, 7) is 6.03. The summed E-state index contributed by atoms with van der Waals surface area (Å²) in [5, 5.41) is 9.93. The van der Waals surface area contributed by atoms with Crippen molar-refractivity contribution in [3.63, 3.8) is 0 Å². The van der Waals surface area contributed by atoms with E-state index >= 15 is 0 Å². The van der Waals surface area contributed by atoms with Gasteiger partial charge >= 0.3 is 0 Å². The molecule has 0 aromatic heterocycles. The average Bonchev–Trinajstić information content (AvgIpc) is 2.53. The number of aliphatic hydroxyl groups is 1. The summed E-state index contributed by atoms with van der Waals surface area (Å²) in [7, 11) is 0. The number of amides is 1. The van der Waals surface area contributed by atoms with Crippen molar-refractivity contribution in [2.45, 2.75) is 32.9 Å². The minimum atomic E-state index is -0.664. The van der Waals surface area contributed by atoms with E-state index in [1.807, 2.05) is 37.3 Å². The molecule has 17 heavy (non-hydrogen) atoms. The van der Waals surface area contributed by atoms with Crippen molar-refractivity contribution >= 4 is 5.91 Å². The number of benzene rings is 1. The second kappa shape index (κ2) is 4.15. The van der Waals surface area contributed by atoms with E-state index in [2.05, 4.69) is 0 Å². The zero-order valence-electron chi connectivity index (χ0n) is 10.6. The molecule has 1 aromatic carbocycles. The predicted octanol–water partition coefficient (Wildman–Crippen LogP) is 1.98. The molecule has 92 valence electrons. The van der Waals surface area contributed by atoms with Gasteiger partial charge in [0.1, 0.15) is 0 Å². The van der Waals surface area contributed by atoms with Crippen LogP contribution in [0.15, 0.2) is 30.3 Å². The van der Waals surface area contributed by atoms with E-state index in [-0.39, 0.29) is 11.9 Å². The van der Waals surface area contributed by atoms with E-state index in [1.165, 1.54) is 0 Å². The van der Waals surface area contributed by atoms with Crippen molar-refractivity contribution in [1.82, 2.24) is 4.90 Å². The number of likely N-dealkylation sites (tertiary alicyclic amines) is 1. The lowest BCUT2D eigenvalue weighted by molar-refractivity contribution is -0.137. The topological polar surface area (TPSA) is 40.5 Å². The molecule has 1 saturated heterocycles. The van der Waals surface area contributed by atoms with E-state index in [9.17, 15) is 9.90 Å². The van der Waals surface area contributed by atoms with Crippen LogP contribution in [0.5, 0.6) is 0 Å². The quantitative estimate of drug-likeness (QED) is 0.848. The Labute approximate surface area is 102 Å². The Hall–Kier alpha value is -1.35. The third-order valence-corrected chi connectivity index (χ3v) is 3.76. The Morgan fingerprint density at radius 3 is 2.41 bits per heavy atom. The smallest absolute Gasteiger partial charge is 0.231 e. The Morgan fingerprint density at radius 1 is 1.35 bits per heavy atom. The normalized spacial score (nSPS) is 25.1. The third-order valence-electron chi connectivity index (χ3n) is 3.76. The van der Waals surface area contributed by atoms with Gasteiger partial charge in [0.2, 0.25) is 5.91 Å². The summed E-state index contributed by atoms with van der Waals surface area (Å²) in [6, 6.07) is 9.92. The average molecular weight is 233 g/mol. The summed E-state index contributed by atoms with van der Waals surface area (Å²) >= 11 is 0. The van der Waals surface area contributed by atoms with Crippen LogP contribution in [0.1, 0.15) is 32.4 Å². The molecule has 1 amide bonds. The Morgan fingerprint density at radius 2 is 1.94 bits per heavy atom. The molecule has 1 fully saturated rings. The fourth-order valence-corrected chi connectivity index (χ4v) is 2.26. The molecule has 3 nitrogen and oxygen atoms in total. The molecule has 0 radical (unpaired) electrons. The van der Waals surface area contributed by atoms with Crippen molar-refractivity contribution in [3.05, 3.63) is 35.9 Å². The SMILES string of the molecule is C[C@@H](c1ccccc1)N1CC(O)C(C)(C)C1=O. The first-order chi connectivity index (χ1) is 7.94. The highest BCUT2D eigenvalue weighted by atomic mass is 16.3. The first-order valence-electron chi connectivity index (χ1n) is 5.98. The monoisotopic (exact) mass is 233 g/mol. The molecule has 0 bridgehead atoms. The van der Waals surface area contributed by atoms with Gasteiger partial charge < -0.3 is 10.0 Å². The number of β-amino-alcohol motifs (C(OH)–C–C–N with tert-alkyl or cyclic N) is 1. The van der Waals surface area contributed by atoms with E-state index in [0.717, 1.165) is 5.56 Å². The number of nitrogens with zero attached hydrogens (tertiary/aromatic N) is 1. The van der Waals surface area contributed by atoms with Gasteiger partial charge in [-0.15, -0.1) is 0 Å². The highest BCUT2D eigenvalue weighted by Crippen LogP contribution is 2.36. The maximum atomic E-state index is 12.2. The van der Waals surface area contributed by atoms with Crippen LogP contribution in [-0.4, -0.2) is 28.6 Å². The van der Waals surface area contributed by atoms with Crippen LogP contribution in [0.25, 0.3) is 0 Å². The van der Waals surface area contributed by atoms with Crippen LogP contribution in [0.4, 0.5) is 0 Å². The molecule has 3 heteroatoms. The molecule has 0 aliphatic carbocycles. The molecule has 1 aromatic rings. The summed E-state index contributed by atoms with van der Waals surface area (Å²) in [5.41, 5.74) is 0.439. The molecule has 2 atom stereocenters. The van der Waals surface area contributed by atoms with E-state index in [4.69, 9.17) is 0 Å². The largest absolute Gasteiger partial charge is 0.390 e. The van der Waals surface area contributed by atoms with Crippen LogP contribution in [0.2, 0.25) is 0 Å². The zero-order valence-corrected chi connectivity index (χ0v) is 10.6. The van der Waals surface area contributed by atoms with Gasteiger partial charge in [0, 0.05) is 6.54 Å². The summed E-state index contributed by atoms with van der Waals surface area (Å²) < 4.78 is 0. The molecule has 0 spiro atoms. The van der Waals surface area contributed by atoms with Gasteiger partial charge in [0.15, 0.2) is 0 Å². The standard InChI is InChI=1S/C14H19NO2/c1-10(11-7-5-4-6-8-11)15-9-12(16)14(2,3)13(15)17/h4-8,10,12,16H,9H2,1-3H3/t10-,12?/m0/s1. The van der Waals surface area contributed by atoms with Crippen molar-refractivity contribution in [2.75, 3.05) is 6.54 Å². The fourth-order valence-electron chi connectivity index (χ4n) is 2.26. The van der Waals surface area contributed by atoms with Gasteiger partial charge in [-0.05, 0) is 26.3 Å². The maximum Gasteiger partial charge on any atom is 0.231 e. The van der Waals surface area contributed by atoms with E-state index in [0.29, 0.717) is 6.54 Å². The Balaban J connectivity index is 2.23. The summed E-state index contributed by atoms with van der Waals surface area (Å²) in [4.78, 5) is 14.0. The second-order valence-corrected chi connectivity index (χ2v) is 5.28. The molecular formula is C14H19NO2. The van der Waals surface area contributed by atoms with Gasteiger partial charge in [-0.1, -0.05) is 30.3 Å². The second-order valence-electron chi connectivity index (χ2n) is 5.28. The lowest BCUT2D eigenvalue weighted by atomic mass is 9.89. The van der Waals surface area contributed by atoms with Gasteiger partial charge in [-0.3, -0.25) is 4.79 Å². The number of hydrogen-bond acceptors (Lipinski definition) is 2.